The highest BCUT2D eigenvalue weighted by Crippen LogP contribution is 2.64. The molecule has 3 aliphatic rings. The lowest BCUT2D eigenvalue weighted by molar-refractivity contribution is -0.128. The van der Waals surface area contributed by atoms with Gasteiger partial charge in [-0.15, -0.1) is 23.5 Å². The highest BCUT2D eigenvalue weighted by atomic mass is 35.5. The molecule has 1 spiro atoms. The van der Waals surface area contributed by atoms with E-state index in [9.17, 15) is 4.79 Å². The lowest BCUT2D eigenvalue weighted by Gasteiger charge is -2.52. The van der Waals surface area contributed by atoms with Gasteiger partial charge < -0.3 is 5.32 Å². The van der Waals surface area contributed by atoms with Crippen LogP contribution in [0.1, 0.15) is 50.6 Å². The SMILES string of the molecule is CC(NC(=O)C1CC2CCCC(C1)C21SCCS1)c1ccccc1Cl. The van der Waals surface area contributed by atoms with E-state index < -0.39 is 0 Å². The van der Waals surface area contributed by atoms with Gasteiger partial charge in [0.2, 0.25) is 5.91 Å². The molecule has 1 aliphatic heterocycles. The van der Waals surface area contributed by atoms with Gasteiger partial charge in [0.15, 0.2) is 0 Å². The molecule has 1 saturated heterocycles. The van der Waals surface area contributed by atoms with E-state index >= 15 is 0 Å². The minimum absolute atomic E-state index is 0.0350. The summed E-state index contributed by atoms with van der Waals surface area (Å²) < 4.78 is 0.434. The Balaban J connectivity index is 1.44. The van der Waals surface area contributed by atoms with Crippen LogP contribution in [0.2, 0.25) is 5.02 Å². The lowest BCUT2D eigenvalue weighted by Crippen LogP contribution is -2.49. The van der Waals surface area contributed by atoms with E-state index in [4.69, 9.17) is 11.6 Å². The predicted molar refractivity (Wildman–Crippen MR) is 109 cm³/mol. The van der Waals surface area contributed by atoms with Crippen LogP contribution in [-0.2, 0) is 4.79 Å². The maximum absolute atomic E-state index is 13.0. The highest BCUT2D eigenvalue weighted by molar-refractivity contribution is 8.21. The lowest BCUT2D eigenvalue weighted by atomic mass is 9.67. The Morgan fingerprint density at radius 2 is 1.84 bits per heavy atom. The van der Waals surface area contributed by atoms with Crippen molar-refractivity contribution in [1.29, 1.82) is 0 Å². The van der Waals surface area contributed by atoms with Crippen molar-refractivity contribution in [3.05, 3.63) is 34.9 Å². The fourth-order valence-electron chi connectivity index (χ4n) is 5.06. The van der Waals surface area contributed by atoms with Crippen molar-refractivity contribution >= 4 is 41.0 Å². The van der Waals surface area contributed by atoms with Crippen molar-refractivity contribution in [2.45, 2.75) is 49.1 Å². The molecule has 136 valence electrons. The molecular formula is C20H26ClNOS2. The first-order valence-corrected chi connectivity index (χ1v) is 11.8. The van der Waals surface area contributed by atoms with Gasteiger partial charge in [-0.25, -0.2) is 0 Å². The first-order chi connectivity index (χ1) is 12.1. The molecular weight excluding hydrogens is 370 g/mol. The van der Waals surface area contributed by atoms with Gasteiger partial charge in [-0.1, -0.05) is 36.2 Å². The molecule has 1 aromatic carbocycles. The Bertz CT molecular complexity index is 630. The van der Waals surface area contributed by atoms with Gasteiger partial charge in [0, 0.05) is 22.4 Å². The molecule has 2 aliphatic carbocycles. The molecule has 25 heavy (non-hydrogen) atoms. The Kier molecular flexibility index (Phi) is 5.32. The van der Waals surface area contributed by atoms with Crippen LogP contribution in [0.3, 0.4) is 0 Å². The number of amides is 1. The summed E-state index contributed by atoms with van der Waals surface area (Å²) in [6, 6.07) is 7.77. The molecule has 2 bridgehead atoms. The number of benzene rings is 1. The van der Waals surface area contributed by atoms with Crippen LogP contribution in [-0.4, -0.2) is 21.5 Å². The largest absolute Gasteiger partial charge is 0.349 e. The number of carbonyl (C=O) groups is 1. The van der Waals surface area contributed by atoms with Gasteiger partial charge in [0.25, 0.3) is 0 Å². The standard InChI is InChI=1S/C20H26ClNOS2/c1-13(17-7-2-3-8-18(17)21)22-19(23)14-11-15-5-4-6-16(12-14)20(15)24-9-10-25-20/h2-3,7-8,13-16H,4-6,9-12H2,1H3,(H,22,23). The average molecular weight is 396 g/mol. The van der Waals surface area contributed by atoms with Crippen molar-refractivity contribution in [1.82, 2.24) is 5.32 Å². The molecule has 4 rings (SSSR count). The summed E-state index contributed by atoms with van der Waals surface area (Å²) in [6.45, 7) is 2.03. The van der Waals surface area contributed by atoms with Crippen LogP contribution in [0.5, 0.6) is 0 Å². The zero-order valence-corrected chi connectivity index (χ0v) is 17.1. The van der Waals surface area contributed by atoms with Crippen LogP contribution >= 0.6 is 35.1 Å². The van der Waals surface area contributed by atoms with Crippen molar-refractivity contribution in [3.63, 3.8) is 0 Å². The van der Waals surface area contributed by atoms with E-state index in [0.717, 1.165) is 23.4 Å². The molecule has 3 fully saturated rings. The van der Waals surface area contributed by atoms with Crippen molar-refractivity contribution in [2.75, 3.05) is 11.5 Å². The predicted octanol–water partition coefficient (Wildman–Crippen LogP) is 5.52. The number of carbonyl (C=O) groups excluding carboxylic acids is 1. The molecule has 5 heteroatoms. The van der Waals surface area contributed by atoms with Gasteiger partial charge in [-0.3, -0.25) is 4.79 Å². The average Bonchev–Trinajstić information content (AvgIpc) is 3.04. The van der Waals surface area contributed by atoms with Crippen LogP contribution in [0, 0.1) is 17.8 Å². The Hall–Kier alpha value is -0.320. The van der Waals surface area contributed by atoms with E-state index in [2.05, 4.69) is 28.8 Å². The number of nitrogens with one attached hydrogen (secondary N) is 1. The maximum atomic E-state index is 13.0. The molecule has 2 nitrogen and oxygen atoms in total. The number of hydrogen-bond acceptors (Lipinski definition) is 3. The first kappa shape index (κ1) is 18.1. The maximum Gasteiger partial charge on any atom is 0.223 e. The number of hydrogen-bond donors (Lipinski definition) is 1. The quantitative estimate of drug-likeness (QED) is 0.730. The molecule has 1 heterocycles. The van der Waals surface area contributed by atoms with E-state index in [0.29, 0.717) is 15.9 Å². The molecule has 3 unspecified atom stereocenters. The van der Waals surface area contributed by atoms with E-state index in [1.165, 1.54) is 30.8 Å². The molecule has 1 N–H and O–H groups in total. The third-order valence-electron chi connectivity index (χ3n) is 6.22. The van der Waals surface area contributed by atoms with Crippen molar-refractivity contribution in [2.24, 2.45) is 17.8 Å². The fourth-order valence-corrected chi connectivity index (χ4v) is 9.30. The third-order valence-corrected chi connectivity index (χ3v) is 10.6. The summed E-state index contributed by atoms with van der Waals surface area (Å²) in [4.78, 5) is 13.0. The minimum Gasteiger partial charge on any atom is -0.349 e. The second-order valence-corrected chi connectivity index (χ2v) is 11.1. The summed E-state index contributed by atoms with van der Waals surface area (Å²) in [5, 5.41) is 3.97. The summed E-state index contributed by atoms with van der Waals surface area (Å²) in [6.07, 6.45) is 6.10. The molecule has 1 amide bonds. The molecule has 0 radical (unpaired) electrons. The monoisotopic (exact) mass is 395 g/mol. The van der Waals surface area contributed by atoms with Crippen molar-refractivity contribution in [3.8, 4) is 0 Å². The summed E-state index contributed by atoms with van der Waals surface area (Å²) in [5.41, 5.74) is 1.01. The zero-order chi connectivity index (χ0) is 17.4. The van der Waals surface area contributed by atoms with Crippen LogP contribution in [0.4, 0.5) is 0 Å². The first-order valence-electron chi connectivity index (χ1n) is 9.43. The van der Waals surface area contributed by atoms with Gasteiger partial charge in [0.1, 0.15) is 0 Å². The van der Waals surface area contributed by atoms with Gasteiger partial charge in [-0.05, 0) is 56.1 Å². The smallest absolute Gasteiger partial charge is 0.223 e. The van der Waals surface area contributed by atoms with Crippen LogP contribution < -0.4 is 5.32 Å². The van der Waals surface area contributed by atoms with E-state index in [-0.39, 0.29) is 17.9 Å². The van der Waals surface area contributed by atoms with E-state index in [1.54, 1.807) is 0 Å². The Morgan fingerprint density at radius 1 is 1.20 bits per heavy atom. The number of halogens is 1. The molecule has 3 atom stereocenters. The molecule has 0 aromatic heterocycles. The summed E-state index contributed by atoms with van der Waals surface area (Å²) in [7, 11) is 0. The molecule has 1 aromatic rings. The number of rotatable bonds is 3. The third kappa shape index (κ3) is 3.35. The normalized spacial score (nSPS) is 31.7. The zero-order valence-electron chi connectivity index (χ0n) is 14.7. The van der Waals surface area contributed by atoms with Gasteiger partial charge >= 0.3 is 0 Å². The van der Waals surface area contributed by atoms with Gasteiger partial charge in [-0.2, -0.15) is 0 Å². The van der Waals surface area contributed by atoms with Crippen LogP contribution in [0.25, 0.3) is 0 Å². The highest BCUT2D eigenvalue weighted by Gasteiger charge is 2.55. The minimum atomic E-state index is -0.0350. The topological polar surface area (TPSA) is 29.1 Å². The fraction of sp³-hybridized carbons (Fsp3) is 0.650. The Morgan fingerprint density at radius 3 is 2.48 bits per heavy atom. The number of thioether (sulfide) groups is 2. The summed E-state index contributed by atoms with van der Waals surface area (Å²) >= 11 is 10.7. The second kappa shape index (κ2) is 7.36. The van der Waals surface area contributed by atoms with E-state index in [1.807, 2.05) is 31.2 Å². The van der Waals surface area contributed by atoms with Crippen LogP contribution in [0.15, 0.2) is 24.3 Å². The second-order valence-electron chi connectivity index (χ2n) is 7.66. The molecule has 2 saturated carbocycles. The summed E-state index contributed by atoms with van der Waals surface area (Å²) in [5.74, 6) is 4.41. The Labute approximate surface area is 164 Å². The van der Waals surface area contributed by atoms with Gasteiger partial charge in [0.05, 0.1) is 10.1 Å². The van der Waals surface area contributed by atoms with Crippen molar-refractivity contribution < 1.29 is 4.79 Å².